The first-order valence-corrected chi connectivity index (χ1v) is 12.0. The van der Waals surface area contributed by atoms with Crippen LogP contribution in [0.5, 0.6) is 0 Å². The minimum absolute atomic E-state index is 0.0765. The van der Waals surface area contributed by atoms with Crippen molar-refractivity contribution in [2.75, 3.05) is 44.7 Å². The second kappa shape index (κ2) is 10.8. The number of anilines is 1. The van der Waals surface area contributed by atoms with Gasteiger partial charge < -0.3 is 19.5 Å². The van der Waals surface area contributed by atoms with Crippen molar-refractivity contribution in [3.05, 3.63) is 66.1 Å². The van der Waals surface area contributed by atoms with E-state index in [-0.39, 0.29) is 17.7 Å². The van der Waals surface area contributed by atoms with E-state index in [0.717, 1.165) is 24.9 Å². The molecule has 0 bridgehead atoms. The zero-order chi connectivity index (χ0) is 24.0. The van der Waals surface area contributed by atoms with E-state index in [1.807, 2.05) is 42.5 Å². The summed E-state index contributed by atoms with van der Waals surface area (Å²) in [6.07, 6.45) is 1.69. The minimum atomic E-state index is -0.188. The van der Waals surface area contributed by atoms with Crippen molar-refractivity contribution < 1.29 is 18.8 Å². The number of nitrogens with one attached hydrogen (secondary N) is 1. The zero-order valence-corrected chi connectivity index (χ0v) is 19.6. The molecule has 1 atom stereocenters. The second-order valence-electron chi connectivity index (χ2n) is 8.89. The van der Waals surface area contributed by atoms with Crippen molar-refractivity contribution in [2.24, 2.45) is 5.92 Å². The first kappa shape index (κ1) is 23.2. The fraction of sp³-hybridized carbons (Fsp3) is 0.385. The molecule has 2 fully saturated rings. The van der Waals surface area contributed by atoms with Crippen LogP contribution >= 0.6 is 0 Å². The molecular weight excluding hydrogens is 446 g/mol. The number of hydrogen-bond acceptors (Lipinski definition) is 7. The summed E-state index contributed by atoms with van der Waals surface area (Å²) < 4.78 is 10.8. The molecule has 2 aromatic carbocycles. The summed E-state index contributed by atoms with van der Waals surface area (Å²) >= 11 is 0. The lowest BCUT2D eigenvalue weighted by Gasteiger charge is -2.31. The first-order valence-electron chi connectivity index (χ1n) is 12.0. The molecule has 0 saturated carbocycles. The molecule has 182 valence electrons. The molecule has 1 aromatic heterocycles. The van der Waals surface area contributed by atoms with Crippen molar-refractivity contribution in [1.29, 1.82) is 0 Å². The maximum atomic E-state index is 13.2. The lowest BCUT2D eigenvalue weighted by molar-refractivity contribution is -0.121. The van der Waals surface area contributed by atoms with Gasteiger partial charge in [0.05, 0.1) is 36.9 Å². The van der Waals surface area contributed by atoms with E-state index in [1.165, 1.54) is 0 Å². The highest BCUT2D eigenvalue weighted by Crippen LogP contribution is 2.24. The Balaban J connectivity index is 1.21. The summed E-state index contributed by atoms with van der Waals surface area (Å²) in [6.45, 7) is 4.12. The maximum absolute atomic E-state index is 13.2. The highest BCUT2D eigenvalue weighted by Gasteiger charge is 2.28. The van der Waals surface area contributed by atoms with Gasteiger partial charge in [0.1, 0.15) is 0 Å². The van der Waals surface area contributed by atoms with E-state index in [4.69, 9.17) is 9.26 Å². The topological polar surface area (TPSA) is 101 Å². The maximum Gasteiger partial charge on any atom is 0.256 e. The van der Waals surface area contributed by atoms with Crippen molar-refractivity contribution in [3.8, 4) is 11.4 Å². The summed E-state index contributed by atoms with van der Waals surface area (Å²) in [6, 6.07) is 16.9. The van der Waals surface area contributed by atoms with Crippen molar-refractivity contribution in [3.63, 3.8) is 0 Å². The van der Waals surface area contributed by atoms with Gasteiger partial charge >= 0.3 is 0 Å². The Morgan fingerprint density at radius 1 is 1.00 bits per heavy atom. The number of morpholine rings is 1. The Morgan fingerprint density at radius 3 is 2.60 bits per heavy atom. The number of para-hydroxylation sites is 1. The molecule has 1 unspecified atom stereocenters. The van der Waals surface area contributed by atoms with Gasteiger partial charge in [-0.15, -0.1) is 0 Å². The number of ether oxygens (including phenoxy) is 1. The van der Waals surface area contributed by atoms with Gasteiger partial charge in [-0.1, -0.05) is 47.6 Å². The number of amides is 2. The quantitative estimate of drug-likeness (QED) is 0.585. The van der Waals surface area contributed by atoms with E-state index < -0.39 is 0 Å². The number of carbonyl (C=O) groups excluding carboxylic acids is 2. The largest absolute Gasteiger partial charge is 0.378 e. The van der Waals surface area contributed by atoms with Gasteiger partial charge in [-0.05, 0) is 31.5 Å². The molecule has 9 nitrogen and oxygen atoms in total. The summed E-state index contributed by atoms with van der Waals surface area (Å²) in [5.74, 6) is 0.749. The lowest BCUT2D eigenvalue weighted by Crippen LogP contribution is -2.42. The van der Waals surface area contributed by atoms with E-state index >= 15 is 0 Å². The molecule has 3 heterocycles. The number of likely N-dealkylation sites (tertiary alicyclic amines) is 1. The van der Waals surface area contributed by atoms with Gasteiger partial charge in [0.2, 0.25) is 17.6 Å². The van der Waals surface area contributed by atoms with E-state index in [1.54, 1.807) is 17.0 Å². The Morgan fingerprint density at radius 2 is 1.77 bits per heavy atom. The molecule has 3 aromatic rings. The Kier molecular flexibility index (Phi) is 7.15. The van der Waals surface area contributed by atoms with Gasteiger partial charge in [0.25, 0.3) is 5.91 Å². The van der Waals surface area contributed by atoms with Crippen LogP contribution in [0, 0.1) is 5.92 Å². The van der Waals surface area contributed by atoms with Crippen molar-refractivity contribution in [1.82, 2.24) is 19.9 Å². The average molecular weight is 476 g/mol. The summed E-state index contributed by atoms with van der Waals surface area (Å²) in [5.41, 5.74) is 1.97. The van der Waals surface area contributed by atoms with Crippen LogP contribution in [-0.2, 0) is 16.1 Å². The minimum Gasteiger partial charge on any atom is -0.378 e. The van der Waals surface area contributed by atoms with Crippen molar-refractivity contribution >= 4 is 17.5 Å². The molecular formula is C26H29N5O4. The predicted molar refractivity (Wildman–Crippen MR) is 130 cm³/mol. The fourth-order valence-corrected chi connectivity index (χ4v) is 4.58. The molecule has 9 heteroatoms. The van der Waals surface area contributed by atoms with Crippen LogP contribution < -0.4 is 5.32 Å². The van der Waals surface area contributed by atoms with Crippen LogP contribution in [0.3, 0.4) is 0 Å². The molecule has 2 aliphatic heterocycles. The standard InChI is InChI=1S/C26H29N5O4/c32-25(27-22-11-5-4-10-21(22)26(33)31-13-15-34-16-14-31)20-9-6-12-30(17-20)18-23-28-24(29-35-23)19-7-2-1-3-8-19/h1-5,7-8,10-11,20H,6,9,12-18H2,(H,27,32). The van der Waals surface area contributed by atoms with Gasteiger partial charge in [-0.3, -0.25) is 14.5 Å². The fourth-order valence-electron chi connectivity index (χ4n) is 4.58. The van der Waals surface area contributed by atoms with Crippen LogP contribution in [-0.4, -0.2) is 71.1 Å². The van der Waals surface area contributed by atoms with Crippen molar-refractivity contribution in [2.45, 2.75) is 19.4 Å². The molecule has 1 N–H and O–H groups in total. The van der Waals surface area contributed by atoms with Gasteiger partial charge in [0, 0.05) is 25.2 Å². The second-order valence-corrected chi connectivity index (χ2v) is 8.89. The Hall–Kier alpha value is -3.56. The molecule has 2 aliphatic rings. The number of aromatic nitrogens is 2. The van der Waals surface area contributed by atoms with E-state index in [0.29, 0.717) is 62.4 Å². The third kappa shape index (κ3) is 5.58. The highest BCUT2D eigenvalue weighted by atomic mass is 16.5. The molecule has 2 amide bonds. The Labute approximate surface area is 204 Å². The van der Waals surface area contributed by atoms with Gasteiger partial charge in [-0.25, -0.2) is 0 Å². The number of hydrogen-bond donors (Lipinski definition) is 1. The van der Waals surface area contributed by atoms with E-state index in [2.05, 4.69) is 20.4 Å². The third-order valence-corrected chi connectivity index (χ3v) is 6.45. The predicted octanol–water partition coefficient (Wildman–Crippen LogP) is 3.06. The number of carbonyl (C=O) groups is 2. The molecule has 5 rings (SSSR count). The molecule has 2 saturated heterocycles. The normalized spacial score (nSPS) is 18.9. The zero-order valence-electron chi connectivity index (χ0n) is 19.6. The number of nitrogens with zero attached hydrogens (tertiary/aromatic N) is 4. The summed E-state index contributed by atoms with van der Waals surface area (Å²) in [5, 5.41) is 7.11. The number of rotatable bonds is 6. The average Bonchev–Trinajstić information content (AvgIpc) is 3.38. The number of piperidine rings is 1. The van der Waals surface area contributed by atoms with Crippen LogP contribution in [0.1, 0.15) is 29.1 Å². The van der Waals surface area contributed by atoms with Gasteiger partial charge in [0.15, 0.2) is 0 Å². The highest BCUT2D eigenvalue weighted by molar-refractivity contribution is 6.04. The van der Waals surface area contributed by atoms with Crippen LogP contribution in [0.15, 0.2) is 59.1 Å². The number of benzene rings is 2. The summed E-state index contributed by atoms with van der Waals surface area (Å²) in [4.78, 5) is 34.7. The molecule has 0 spiro atoms. The molecule has 35 heavy (non-hydrogen) atoms. The van der Waals surface area contributed by atoms with Crippen LogP contribution in [0.4, 0.5) is 5.69 Å². The molecule has 0 aliphatic carbocycles. The monoisotopic (exact) mass is 475 g/mol. The van der Waals surface area contributed by atoms with Crippen LogP contribution in [0.2, 0.25) is 0 Å². The third-order valence-electron chi connectivity index (χ3n) is 6.45. The summed E-state index contributed by atoms with van der Waals surface area (Å²) in [7, 11) is 0. The van der Waals surface area contributed by atoms with Gasteiger partial charge in [-0.2, -0.15) is 4.98 Å². The van der Waals surface area contributed by atoms with Crippen LogP contribution in [0.25, 0.3) is 11.4 Å². The Bertz CT molecular complexity index is 1160. The first-order chi connectivity index (χ1) is 17.2. The van der Waals surface area contributed by atoms with E-state index in [9.17, 15) is 9.59 Å². The molecule has 0 radical (unpaired) electrons. The lowest BCUT2D eigenvalue weighted by atomic mass is 9.96. The smallest absolute Gasteiger partial charge is 0.256 e. The SMILES string of the molecule is O=C(Nc1ccccc1C(=O)N1CCOCC1)C1CCCN(Cc2nc(-c3ccccc3)no2)C1.